The van der Waals surface area contributed by atoms with E-state index >= 15 is 0 Å². The van der Waals surface area contributed by atoms with Crippen LogP contribution in [0.15, 0.2) is 29.2 Å². The van der Waals surface area contributed by atoms with Gasteiger partial charge in [0, 0.05) is 16.7 Å². The molecule has 1 aromatic rings. The highest BCUT2D eigenvalue weighted by Crippen LogP contribution is 2.43. The standard InChI is InChI=1S/C16H25NS/c1-13(2)18-15-7-5-14(6-8-15)11-16(12-17-3)9-4-10-16/h5-8,13,17H,4,9-12H2,1-3H3. The van der Waals surface area contributed by atoms with Gasteiger partial charge in [-0.2, -0.15) is 0 Å². The van der Waals surface area contributed by atoms with Gasteiger partial charge in [0.15, 0.2) is 0 Å². The Morgan fingerprint density at radius 3 is 2.33 bits per heavy atom. The van der Waals surface area contributed by atoms with Crippen LogP contribution in [0.4, 0.5) is 0 Å². The Hall–Kier alpha value is -0.470. The zero-order valence-electron chi connectivity index (χ0n) is 11.8. The highest BCUT2D eigenvalue weighted by molar-refractivity contribution is 7.99. The molecule has 0 aliphatic heterocycles. The third kappa shape index (κ3) is 3.52. The molecule has 0 heterocycles. The van der Waals surface area contributed by atoms with E-state index in [9.17, 15) is 0 Å². The molecule has 1 aliphatic rings. The molecule has 1 fully saturated rings. The van der Waals surface area contributed by atoms with Crippen LogP contribution in [0.5, 0.6) is 0 Å². The number of rotatable bonds is 6. The summed E-state index contributed by atoms with van der Waals surface area (Å²) in [4.78, 5) is 1.39. The summed E-state index contributed by atoms with van der Waals surface area (Å²) in [7, 11) is 2.07. The minimum absolute atomic E-state index is 0.543. The Bertz CT molecular complexity index is 365. The van der Waals surface area contributed by atoms with E-state index < -0.39 is 0 Å². The van der Waals surface area contributed by atoms with Gasteiger partial charge in [0.25, 0.3) is 0 Å². The lowest BCUT2D eigenvalue weighted by molar-refractivity contribution is 0.133. The van der Waals surface area contributed by atoms with Crippen LogP contribution in [0.3, 0.4) is 0 Å². The van der Waals surface area contributed by atoms with Crippen LogP contribution >= 0.6 is 11.8 Å². The number of thioether (sulfide) groups is 1. The van der Waals surface area contributed by atoms with Crippen molar-refractivity contribution in [2.45, 2.75) is 49.7 Å². The first-order valence-corrected chi connectivity index (χ1v) is 7.92. The number of hydrogen-bond acceptors (Lipinski definition) is 2. The van der Waals surface area contributed by atoms with Crippen LogP contribution in [0, 0.1) is 5.41 Å². The Balaban J connectivity index is 1.97. The lowest BCUT2D eigenvalue weighted by Crippen LogP contribution is -2.40. The SMILES string of the molecule is CNCC1(Cc2ccc(SC(C)C)cc2)CCC1. The number of hydrogen-bond donors (Lipinski definition) is 1. The van der Waals surface area contributed by atoms with Gasteiger partial charge >= 0.3 is 0 Å². The van der Waals surface area contributed by atoms with Gasteiger partial charge in [-0.05, 0) is 49.4 Å². The maximum absolute atomic E-state index is 3.36. The van der Waals surface area contributed by atoms with E-state index in [2.05, 4.69) is 50.5 Å². The van der Waals surface area contributed by atoms with E-state index in [0.29, 0.717) is 10.7 Å². The first-order chi connectivity index (χ1) is 8.63. The van der Waals surface area contributed by atoms with Crippen molar-refractivity contribution < 1.29 is 0 Å². The molecule has 1 nitrogen and oxygen atoms in total. The van der Waals surface area contributed by atoms with Crippen LogP contribution in [-0.4, -0.2) is 18.8 Å². The molecule has 2 rings (SSSR count). The van der Waals surface area contributed by atoms with Gasteiger partial charge < -0.3 is 5.32 Å². The fraction of sp³-hybridized carbons (Fsp3) is 0.625. The molecule has 0 aromatic heterocycles. The van der Waals surface area contributed by atoms with Gasteiger partial charge in [0.05, 0.1) is 0 Å². The monoisotopic (exact) mass is 263 g/mol. The van der Waals surface area contributed by atoms with Gasteiger partial charge in [-0.25, -0.2) is 0 Å². The molecule has 0 saturated heterocycles. The van der Waals surface area contributed by atoms with Crippen molar-refractivity contribution in [2.24, 2.45) is 5.41 Å². The van der Waals surface area contributed by atoms with E-state index in [-0.39, 0.29) is 0 Å². The molecular formula is C16H25NS. The number of nitrogens with one attached hydrogen (secondary N) is 1. The van der Waals surface area contributed by atoms with Gasteiger partial charge in [0.2, 0.25) is 0 Å². The minimum Gasteiger partial charge on any atom is -0.319 e. The molecular weight excluding hydrogens is 238 g/mol. The lowest BCUT2D eigenvalue weighted by Gasteiger charge is -2.42. The van der Waals surface area contributed by atoms with Crippen molar-refractivity contribution >= 4 is 11.8 Å². The molecule has 0 radical (unpaired) electrons. The zero-order valence-corrected chi connectivity index (χ0v) is 12.6. The normalized spacial score (nSPS) is 17.8. The van der Waals surface area contributed by atoms with E-state index in [1.807, 2.05) is 11.8 Å². The van der Waals surface area contributed by atoms with Crippen molar-refractivity contribution in [3.8, 4) is 0 Å². The van der Waals surface area contributed by atoms with E-state index in [4.69, 9.17) is 0 Å². The quantitative estimate of drug-likeness (QED) is 0.775. The van der Waals surface area contributed by atoms with E-state index in [0.717, 1.165) is 6.54 Å². The van der Waals surface area contributed by atoms with Gasteiger partial charge in [-0.15, -0.1) is 11.8 Å². The topological polar surface area (TPSA) is 12.0 Å². The lowest BCUT2D eigenvalue weighted by atomic mass is 9.65. The molecule has 0 unspecified atom stereocenters. The first-order valence-electron chi connectivity index (χ1n) is 7.04. The number of benzene rings is 1. The van der Waals surface area contributed by atoms with Crippen molar-refractivity contribution in [3.05, 3.63) is 29.8 Å². The average Bonchev–Trinajstić information content (AvgIpc) is 2.28. The molecule has 1 aliphatic carbocycles. The molecule has 0 atom stereocenters. The molecule has 0 bridgehead atoms. The van der Waals surface area contributed by atoms with Crippen LogP contribution in [0.2, 0.25) is 0 Å². The largest absolute Gasteiger partial charge is 0.319 e. The first kappa shape index (κ1) is 14.0. The maximum atomic E-state index is 3.36. The summed E-state index contributed by atoms with van der Waals surface area (Å²) in [5.74, 6) is 0. The maximum Gasteiger partial charge on any atom is 0.00747 e. The van der Waals surface area contributed by atoms with Crippen molar-refractivity contribution in [1.82, 2.24) is 5.32 Å². The Kier molecular flexibility index (Phi) is 4.74. The zero-order chi connectivity index (χ0) is 13.0. The Morgan fingerprint density at radius 2 is 1.89 bits per heavy atom. The summed E-state index contributed by atoms with van der Waals surface area (Å²) in [5, 5.41) is 4.03. The molecule has 1 saturated carbocycles. The second kappa shape index (κ2) is 6.12. The summed E-state index contributed by atoms with van der Waals surface area (Å²) < 4.78 is 0. The van der Waals surface area contributed by atoms with Crippen LogP contribution < -0.4 is 5.32 Å². The Labute approximate surface area is 116 Å². The van der Waals surface area contributed by atoms with Gasteiger partial charge in [0.1, 0.15) is 0 Å². The fourth-order valence-corrected chi connectivity index (χ4v) is 3.70. The third-order valence-electron chi connectivity index (χ3n) is 3.84. The second-order valence-corrected chi connectivity index (χ2v) is 7.52. The van der Waals surface area contributed by atoms with Crippen molar-refractivity contribution in [2.75, 3.05) is 13.6 Å². The van der Waals surface area contributed by atoms with E-state index in [1.165, 1.54) is 36.1 Å². The highest BCUT2D eigenvalue weighted by atomic mass is 32.2. The summed E-state index contributed by atoms with van der Waals surface area (Å²) >= 11 is 1.94. The van der Waals surface area contributed by atoms with Crippen LogP contribution in [-0.2, 0) is 6.42 Å². The predicted molar refractivity (Wildman–Crippen MR) is 81.3 cm³/mol. The molecule has 0 amide bonds. The summed E-state index contributed by atoms with van der Waals surface area (Å²) in [6, 6.07) is 9.21. The fourth-order valence-electron chi connectivity index (χ4n) is 2.86. The smallest absolute Gasteiger partial charge is 0.00747 e. The molecule has 2 heteroatoms. The third-order valence-corrected chi connectivity index (χ3v) is 4.86. The van der Waals surface area contributed by atoms with E-state index in [1.54, 1.807) is 0 Å². The Morgan fingerprint density at radius 1 is 1.22 bits per heavy atom. The van der Waals surface area contributed by atoms with Crippen molar-refractivity contribution in [1.29, 1.82) is 0 Å². The summed E-state index contributed by atoms with van der Waals surface area (Å²) in [6.45, 7) is 5.65. The second-order valence-electron chi connectivity index (χ2n) is 5.87. The molecule has 1 aromatic carbocycles. The van der Waals surface area contributed by atoms with Gasteiger partial charge in [-0.3, -0.25) is 0 Å². The molecule has 100 valence electrons. The highest BCUT2D eigenvalue weighted by Gasteiger charge is 2.36. The van der Waals surface area contributed by atoms with Gasteiger partial charge in [-0.1, -0.05) is 32.4 Å². The minimum atomic E-state index is 0.543. The predicted octanol–water partition coefficient (Wildman–Crippen LogP) is 4.12. The molecule has 18 heavy (non-hydrogen) atoms. The summed E-state index contributed by atoms with van der Waals surface area (Å²) in [6.07, 6.45) is 5.41. The molecule has 0 spiro atoms. The summed E-state index contributed by atoms with van der Waals surface area (Å²) in [5.41, 5.74) is 2.04. The van der Waals surface area contributed by atoms with Crippen molar-refractivity contribution in [3.63, 3.8) is 0 Å². The average molecular weight is 263 g/mol. The van der Waals surface area contributed by atoms with Crippen LogP contribution in [0.1, 0.15) is 38.7 Å². The molecule has 1 N–H and O–H groups in total. The van der Waals surface area contributed by atoms with Crippen LogP contribution in [0.25, 0.3) is 0 Å².